The van der Waals surface area contributed by atoms with E-state index in [1.165, 1.54) is 0 Å². The lowest BCUT2D eigenvalue weighted by atomic mass is 10.2. The third kappa shape index (κ3) is 2.33. The van der Waals surface area contributed by atoms with Crippen LogP contribution in [-0.2, 0) is 6.42 Å². The molecule has 14 heavy (non-hydrogen) atoms. The fourth-order valence-electron chi connectivity index (χ4n) is 0.983. The van der Waals surface area contributed by atoms with Gasteiger partial charge >= 0.3 is 0 Å². The minimum atomic E-state index is -0.698. The Morgan fingerprint density at radius 2 is 2.00 bits per heavy atom. The van der Waals surface area contributed by atoms with Gasteiger partial charge in [0.15, 0.2) is 16.0 Å². The van der Waals surface area contributed by atoms with Gasteiger partial charge in [0, 0.05) is 0 Å². The second kappa shape index (κ2) is 4.57. The molecule has 1 heterocycles. The van der Waals surface area contributed by atoms with Gasteiger partial charge in [0.1, 0.15) is 0 Å². The number of aromatic nitrogens is 2. The van der Waals surface area contributed by atoms with Crippen molar-refractivity contribution in [1.29, 1.82) is 0 Å². The highest BCUT2D eigenvalue weighted by Crippen LogP contribution is 2.18. The van der Waals surface area contributed by atoms with Crippen LogP contribution in [0.4, 0.5) is 0 Å². The maximum atomic E-state index is 10.9. The molecule has 2 N–H and O–H groups in total. The number of aryl methyl sites for hydroxylation is 1. The van der Waals surface area contributed by atoms with Crippen LogP contribution in [0.3, 0.4) is 0 Å². The molecule has 4 nitrogen and oxygen atoms in total. The highest BCUT2D eigenvalue weighted by atomic mass is 35.5. The predicted octanol–water partition coefficient (Wildman–Crippen LogP) is 1.83. The third-order valence-corrected chi connectivity index (χ3v) is 2.16. The van der Waals surface area contributed by atoms with E-state index in [4.69, 9.17) is 28.9 Å². The van der Waals surface area contributed by atoms with E-state index in [9.17, 15) is 4.79 Å². The van der Waals surface area contributed by atoms with Gasteiger partial charge in [-0.25, -0.2) is 9.97 Å². The zero-order valence-corrected chi connectivity index (χ0v) is 9.06. The number of halogens is 2. The van der Waals surface area contributed by atoms with E-state index in [2.05, 4.69) is 9.97 Å². The summed E-state index contributed by atoms with van der Waals surface area (Å²) in [6.45, 7) is 1.97. The van der Waals surface area contributed by atoms with Crippen molar-refractivity contribution in [3.63, 3.8) is 0 Å². The molecule has 0 radical (unpaired) electrons. The molecule has 0 bridgehead atoms. The lowest BCUT2D eigenvalue weighted by Gasteiger charge is -2.04. The molecule has 1 aromatic rings. The Morgan fingerprint density at radius 3 is 2.50 bits per heavy atom. The highest BCUT2D eigenvalue weighted by molar-refractivity contribution is 6.34. The third-order valence-electron chi connectivity index (χ3n) is 1.60. The fraction of sp³-hybridized carbons (Fsp3) is 0.375. The molecule has 0 atom stereocenters. The number of amides is 1. The van der Waals surface area contributed by atoms with Crippen molar-refractivity contribution in [3.05, 3.63) is 21.7 Å². The number of hydrogen-bond acceptors (Lipinski definition) is 3. The van der Waals surface area contributed by atoms with Crippen molar-refractivity contribution in [3.8, 4) is 0 Å². The lowest BCUT2D eigenvalue weighted by molar-refractivity contribution is 0.0995. The number of carbonyl (C=O) groups excluding carboxylic acids is 1. The first kappa shape index (κ1) is 11.2. The summed E-state index contributed by atoms with van der Waals surface area (Å²) < 4.78 is 0. The number of nitrogens with two attached hydrogens (primary N) is 1. The van der Waals surface area contributed by atoms with Crippen LogP contribution in [0.1, 0.15) is 29.5 Å². The predicted molar refractivity (Wildman–Crippen MR) is 54.6 cm³/mol. The second-order valence-corrected chi connectivity index (χ2v) is 3.43. The standard InChI is InChI=1S/C8H9Cl2N3O/c1-2-3-4-6(9)13-7(10)5(12-4)8(11)14/h2-3H2,1H3,(H2,11,14). The molecule has 1 rings (SSSR count). The first-order valence-corrected chi connectivity index (χ1v) is 4.83. The zero-order chi connectivity index (χ0) is 10.7. The number of carbonyl (C=O) groups is 1. The number of hydrogen-bond donors (Lipinski definition) is 1. The van der Waals surface area contributed by atoms with Gasteiger partial charge in [0.2, 0.25) is 0 Å². The molecule has 0 spiro atoms. The molecule has 0 unspecified atom stereocenters. The first-order valence-electron chi connectivity index (χ1n) is 4.08. The van der Waals surface area contributed by atoms with Crippen molar-refractivity contribution >= 4 is 29.1 Å². The Morgan fingerprint density at radius 1 is 1.36 bits per heavy atom. The topological polar surface area (TPSA) is 68.9 Å². The van der Waals surface area contributed by atoms with E-state index < -0.39 is 5.91 Å². The molecule has 0 aliphatic rings. The summed E-state index contributed by atoms with van der Waals surface area (Å²) in [5, 5.41) is 0.171. The van der Waals surface area contributed by atoms with Gasteiger partial charge in [0.05, 0.1) is 5.69 Å². The molecular formula is C8H9Cl2N3O. The van der Waals surface area contributed by atoms with E-state index in [0.29, 0.717) is 12.1 Å². The largest absolute Gasteiger partial charge is 0.364 e. The average Bonchev–Trinajstić information content (AvgIpc) is 2.09. The van der Waals surface area contributed by atoms with Crippen LogP contribution in [0.25, 0.3) is 0 Å². The molecule has 0 aliphatic heterocycles. The molecule has 76 valence electrons. The van der Waals surface area contributed by atoms with Crippen LogP contribution in [-0.4, -0.2) is 15.9 Å². The lowest BCUT2D eigenvalue weighted by Crippen LogP contribution is -2.16. The normalized spacial score (nSPS) is 10.2. The summed E-state index contributed by atoms with van der Waals surface area (Å²) in [6, 6.07) is 0. The number of primary amides is 1. The molecule has 0 saturated heterocycles. The first-order chi connectivity index (χ1) is 6.56. The minimum absolute atomic E-state index is 0.0282. The number of rotatable bonds is 3. The van der Waals surface area contributed by atoms with E-state index in [1.54, 1.807) is 0 Å². The molecule has 6 heteroatoms. The Labute approximate surface area is 91.4 Å². The van der Waals surface area contributed by atoms with E-state index >= 15 is 0 Å². The van der Waals surface area contributed by atoms with Gasteiger partial charge in [-0.05, 0) is 6.42 Å². The second-order valence-electron chi connectivity index (χ2n) is 2.71. The van der Waals surface area contributed by atoms with Crippen LogP contribution in [0.5, 0.6) is 0 Å². The smallest absolute Gasteiger partial charge is 0.270 e. The van der Waals surface area contributed by atoms with Crippen LogP contribution in [0.15, 0.2) is 0 Å². The van der Waals surface area contributed by atoms with E-state index in [1.807, 2.05) is 6.92 Å². The van der Waals surface area contributed by atoms with Crippen molar-refractivity contribution in [2.45, 2.75) is 19.8 Å². The van der Waals surface area contributed by atoms with Gasteiger partial charge < -0.3 is 5.73 Å². The molecule has 0 aromatic carbocycles. The minimum Gasteiger partial charge on any atom is -0.364 e. The Bertz CT molecular complexity index is 368. The molecule has 0 saturated carbocycles. The summed E-state index contributed by atoms with van der Waals surface area (Å²) in [6.07, 6.45) is 1.50. The van der Waals surface area contributed by atoms with Crippen molar-refractivity contribution in [1.82, 2.24) is 9.97 Å². The summed E-state index contributed by atoms with van der Waals surface area (Å²) in [4.78, 5) is 18.6. The molecular weight excluding hydrogens is 225 g/mol. The summed E-state index contributed by atoms with van der Waals surface area (Å²) in [5.74, 6) is -0.698. The quantitative estimate of drug-likeness (QED) is 0.867. The highest BCUT2D eigenvalue weighted by Gasteiger charge is 2.14. The van der Waals surface area contributed by atoms with E-state index in [-0.39, 0.29) is 16.0 Å². The maximum Gasteiger partial charge on any atom is 0.270 e. The Kier molecular flexibility index (Phi) is 3.66. The Hall–Kier alpha value is -0.870. The zero-order valence-electron chi connectivity index (χ0n) is 7.55. The van der Waals surface area contributed by atoms with Crippen molar-refractivity contribution < 1.29 is 4.79 Å². The van der Waals surface area contributed by atoms with Crippen molar-refractivity contribution in [2.75, 3.05) is 0 Å². The average molecular weight is 234 g/mol. The van der Waals surface area contributed by atoms with Gasteiger partial charge in [0.25, 0.3) is 5.91 Å². The van der Waals surface area contributed by atoms with Gasteiger partial charge in [-0.2, -0.15) is 0 Å². The SMILES string of the molecule is CCCc1nc(C(N)=O)c(Cl)nc1Cl. The summed E-state index contributed by atoms with van der Waals surface area (Å²) >= 11 is 11.4. The van der Waals surface area contributed by atoms with Crippen LogP contribution in [0.2, 0.25) is 10.3 Å². The van der Waals surface area contributed by atoms with Gasteiger partial charge in [-0.1, -0.05) is 36.5 Å². The molecule has 0 fully saturated rings. The van der Waals surface area contributed by atoms with Crippen LogP contribution in [0, 0.1) is 0 Å². The van der Waals surface area contributed by atoms with Crippen molar-refractivity contribution in [2.24, 2.45) is 5.73 Å². The Balaban J connectivity index is 3.20. The summed E-state index contributed by atoms with van der Waals surface area (Å²) in [5.41, 5.74) is 5.58. The van der Waals surface area contributed by atoms with Gasteiger partial charge in [-0.3, -0.25) is 4.79 Å². The van der Waals surface area contributed by atoms with E-state index in [0.717, 1.165) is 6.42 Å². The molecule has 1 aromatic heterocycles. The fourth-order valence-corrected chi connectivity index (χ4v) is 1.47. The summed E-state index contributed by atoms with van der Waals surface area (Å²) in [7, 11) is 0. The van der Waals surface area contributed by atoms with Gasteiger partial charge in [-0.15, -0.1) is 0 Å². The van der Waals surface area contributed by atoms with Crippen LogP contribution < -0.4 is 5.73 Å². The van der Waals surface area contributed by atoms with Crippen LogP contribution >= 0.6 is 23.2 Å². The maximum absolute atomic E-state index is 10.9. The molecule has 0 aliphatic carbocycles. The molecule has 1 amide bonds. The number of nitrogens with zero attached hydrogens (tertiary/aromatic N) is 2. The monoisotopic (exact) mass is 233 g/mol.